The number of benzene rings is 2. The minimum Gasteiger partial charge on any atom is -0.370 e. The van der Waals surface area contributed by atoms with Gasteiger partial charge in [-0.25, -0.2) is 16.8 Å². The topological polar surface area (TPSA) is 81.8 Å². The third kappa shape index (κ3) is 3.41. The van der Waals surface area contributed by atoms with Gasteiger partial charge in [0.25, 0.3) is 0 Å². The van der Waals surface area contributed by atoms with Crippen LogP contribution in [0, 0.1) is 19.7 Å². The summed E-state index contributed by atoms with van der Waals surface area (Å²) in [6, 6.07) is 6.85. The molecule has 0 bridgehead atoms. The molecule has 0 fully saturated rings. The minimum absolute atomic E-state index is 0.0352. The average molecular weight is 504 g/mol. The maximum atomic E-state index is 15.8. The van der Waals surface area contributed by atoms with E-state index in [9.17, 15) is 8.42 Å². The van der Waals surface area contributed by atoms with E-state index in [2.05, 4.69) is 15.5 Å². The lowest BCUT2D eigenvalue weighted by atomic mass is 9.92. The molecule has 0 aliphatic carbocycles. The lowest BCUT2D eigenvalue weighted by Crippen LogP contribution is -2.36. The van der Waals surface area contributed by atoms with Crippen LogP contribution in [0.25, 0.3) is 27.7 Å². The van der Waals surface area contributed by atoms with Gasteiger partial charge in [0.1, 0.15) is 10.8 Å². The molecule has 1 N–H and O–H groups in total. The second kappa shape index (κ2) is 8.09. The third-order valence-corrected chi connectivity index (χ3v) is 7.36. The Kier molecular flexibility index (Phi) is 5.77. The summed E-state index contributed by atoms with van der Waals surface area (Å²) in [6.45, 7) is 11.5. The third-order valence-electron chi connectivity index (χ3n) is 5.97. The summed E-state index contributed by atoms with van der Waals surface area (Å²) in [7, 11) is -3.51. The normalized spacial score (nSPS) is 14.1. The summed E-state index contributed by atoms with van der Waals surface area (Å²) < 4.78 is 43.3. The summed E-state index contributed by atoms with van der Waals surface area (Å²) in [5, 5.41) is 12.5. The monoisotopic (exact) mass is 503 g/mol. The molecule has 180 valence electrons. The van der Waals surface area contributed by atoms with Crippen LogP contribution in [0.5, 0.6) is 0 Å². The molecule has 0 saturated heterocycles. The zero-order chi connectivity index (χ0) is 25.2. The predicted molar refractivity (Wildman–Crippen MR) is 135 cm³/mol. The summed E-state index contributed by atoms with van der Waals surface area (Å²) in [5.74, 6) is 0.787. The fraction of sp³-hybridized carbons (Fsp3) is 0.333. The molecule has 2 aromatic carbocycles. The SMILES string of the molecule is CC.Cc1c(-c2cccc3c2ccn3S(C)(=O)=O)c(F)c(Cl)c2c1-n1c(C)nnc1C(C)(C)N2. The van der Waals surface area contributed by atoms with Crippen LogP contribution in [0.1, 0.15) is 44.9 Å². The second-order valence-electron chi connectivity index (χ2n) is 8.62. The number of hydrogen-bond donors (Lipinski definition) is 1. The fourth-order valence-electron chi connectivity index (χ4n) is 4.56. The first-order chi connectivity index (χ1) is 15.9. The van der Waals surface area contributed by atoms with Gasteiger partial charge in [-0.2, -0.15) is 0 Å². The Hall–Kier alpha value is -2.91. The van der Waals surface area contributed by atoms with Crippen molar-refractivity contribution in [3.05, 3.63) is 58.5 Å². The summed E-state index contributed by atoms with van der Waals surface area (Å²) in [6.07, 6.45) is 2.60. The van der Waals surface area contributed by atoms with Crippen molar-refractivity contribution in [3.8, 4) is 16.8 Å². The number of nitrogens with one attached hydrogen (secondary N) is 1. The molecular weight excluding hydrogens is 477 g/mol. The number of rotatable bonds is 2. The van der Waals surface area contributed by atoms with Crippen molar-refractivity contribution >= 4 is 38.2 Å². The van der Waals surface area contributed by atoms with Gasteiger partial charge in [0.2, 0.25) is 10.0 Å². The van der Waals surface area contributed by atoms with Crippen molar-refractivity contribution < 1.29 is 12.8 Å². The molecule has 2 aromatic heterocycles. The Bertz CT molecular complexity index is 1550. The van der Waals surface area contributed by atoms with Crippen LogP contribution in [0.15, 0.2) is 30.5 Å². The Balaban J connectivity index is 0.00000133. The number of fused-ring (bicyclic) bond motifs is 4. The second-order valence-corrected chi connectivity index (χ2v) is 10.9. The van der Waals surface area contributed by atoms with Gasteiger partial charge in [-0.3, -0.25) is 4.57 Å². The van der Waals surface area contributed by atoms with E-state index >= 15 is 4.39 Å². The predicted octanol–water partition coefficient (Wildman–Crippen LogP) is 5.79. The summed E-state index contributed by atoms with van der Waals surface area (Å²) in [4.78, 5) is 0. The molecule has 0 atom stereocenters. The quantitative estimate of drug-likeness (QED) is 0.374. The van der Waals surface area contributed by atoms with Crippen LogP contribution in [-0.4, -0.2) is 33.4 Å². The zero-order valence-corrected chi connectivity index (χ0v) is 21.7. The highest BCUT2D eigenvalue weighted by atomic mass is 35.5. The van der Waals surface area contributed by atoms with Crippen LogP contribution >= 0.6 is 11.6 Å². The molecule has 1 aliphatic heterocycles. The highest BCUT2D eigenvalue weighted by Crippen LogP contribution is 2.48. The van der Waals surface area contributed by atoms with Gasteiger partial charge >= 0.3 is 0 Å². The van der Waals surface area contributed by atoms with Crippen molar-refractivity contribution in [2.24, 2.45) is 0 Å². The molecule has 0 amide bonds. The average Bonchev–Trinajstić information content (AvgIpc) is 3.38. The largest absolute Gasteiger partial charge is 0.370 e. The molecule has 4 aromatic rings. The van der Waals surface area contributed by atoms with Crippen molar-refractivity contribution in [3.63, 3.8) is 0 Å². The molecule has 0 saturated carbocycles. The number of aromatic nitrogens is 4. The zero-order valence-electron chi connectivity index (χ0n) is 20.2. The van der Waals surface area contributed by atoms with E-state index in [-0.39, 0.29) is 5.02 Å². The van der Waals surface area contributed by atoms with Gasteiger partial charge in [-0.1, -0.05) is 37.6 Å². The standard InChI is InChI=1S/C22H21ClFN5O2S.C2H6/c1-11-16(14-7-6-8-15-13(14)9-10-28(15)32(5,30)31)18(24)17(23)19-20(11)29-12(2)26-27-21(29)22(3,4)25-19;1-2/h6-10,25H,1-5H3;1-2H3. The number of nitrogens with zero attached hydrogens (tertiary/aromatic N) is 4. The molecule has 0 radical (unpaired) electrons. The molecule has 10 heteroatoms. The first kappa shape index (κ1) is 24.2. The first-order valence-corrected chi connectivity index (χ1v) is 13.2. The van der Waals surface area contributed by atoms with Crippen LogP contribution in [0.3, 0.4) is 0 Å². The molecule has 5 rings (SSSR count). The number of anilines is 1. The van der Waals surface area contributed by atoms with E-state index < -0.39 is 21.4 Å². The van der Waals surface area contributed by atoms with E-state index in [0.29, 0.717) is 50.6 Å². The van der Waals surface area contributed by atoms with Gasteiger partial charge in [-0.05, 0) is 51.0 Å². The first-order valence-electron chi connectivity index (χ1n) is 11.0. The van der Waals surface area contributed by atoms with E-state index in [4.69, 9.17) is 11.6 Å². The van der Waals surface area contributed by atoms with E-state index in [0.717, 1.165) is 6.26 Å². The van der Waals surface area contributed by atoms with Crippen molar-refractivity contribution in [2.75, 3.05) is 11.6 Å². The van der Waals surface area contributed by atoms with Crippen molar-refractivity contribution in [1.29, 1.82) is 0 Å². The highest BCUT2D eigenvalue weighted by Gasteiger charge is 2.38. The minimum atomic E-state index is -3.51. The Morgan fingerprint density at radius 2 is 1.79 bits per heavy atom. The van der Waals surface area contributed by atoms with Gasteiger partial charge < -0.3 is 5.32 Å². The Morgan fingerprint density at radius 1 is 1.12 bits per heavy atom. The molecule has 1 aliphatic rings. The van der Waals surface area contributed by atoms with Crippen molar-refractivity contribution in [2.45, 2.75) is 47.1 Å². The molecule has 3 heterocycles. The van der Waals surface area contributed by atoms with Crippen LogP contribution in [0.4, 0.5) is 10.1 Å². The smallest absolute Gasteiger partial charge is 0.236 e. The van der Waals surface area contributed by atoms with Gasteiger partial charge in [0.05, 0.1) is 28.7 Å². The van der Waals surface area contributed by atoms with Crippen molar-refractivity contribution in [1.82, 2.24) is 18.7 Å². The lowest BCUT2D eigenvalue weighted by Gasteiger charge is -2.36. The van der Waals surface area contributed by atoms with Crippen LogP contribution < -0.4 is 5.32 Å². The highest BCUT2D eigenvalue weighted by molar-refractivity contribution is 7.89. The molecular formula is C24H27ClFN5O2S. The number of hydrogen-bond acceptors (Lipinski definition) is 5. The van der Waals surface area contributed by atoms with Crippen LogP contribution in [0.2, 0.25) is 5.02 Å². The summed E-state index contributed by atoms with van der Waals surface area (Å²) in [5.41, 5.74) is 2.54. The summed E-state index contributed by atoms with van der Waals surface area (Å²) >= 11 is 6.59. The molecule has 7 nitrogen and oxygen atoms in total. The Morgan fingerprint density at radius 3 is 2.44 bits per heavy atom. The molecule has 34 heavy (non-hydrogen) atoms. The van der Waals surface area contributed by atoms with Gasteiger partial charge in [0.15, 0.2) is 11.6 Å². The van der Waals surface area contributed by atoms with Crippen LogP contribution in [-0.2, 0) is 15.6 Å². The molecule has 0 spiro atoms. The lowest BCUT2D eigenvalue weighted by molar-refractivity contribution is 0.532. The molecule has 0 unspecified atom stereocenters. The van der Waals surface area contributed by atoms with Gasteiger partial charge in [0, 0.05) is 17.1 Å². The van der Waals surface area contributed by atoms with E-state index in [1.165, 1.54) is 10.2 Å². The van der Waals surface area contributed by atoms with E-state index in [1.54, 1.807) is 24.3 Å². The maximum Gasteiger partial charge on any atom is 0.236 e. The Labute approximate surface area is 203 Å². The maximum absolute atomic E-state index is 15.8. The number of aryl methyl sites for hydroxylation is 1. The fourth-order valence-corrected chi connectivity index (χ4v) is 5.59. The number of halogens is 2. The van der Waals surface area contributed by atoms with Gasteiger partial charge in [-0.15, -0.1) is 10.2 Å². The van der Waals surface area contributed by atoms with E-state index in [1.807, 2.05) is 46.1 Å².